The maximum absolute atomic E-state index is 15.7. The van der Waals surface area contributed by atoms with Crippen LogP contribution in [0.25, 0.3) is 32.0 Å². The van der Waals surface area contributed by atoms with Crippen LogP contribution in [-0.4, -0.2) is 31.0 Å². The molecule has 2 aromatic carbocycles. The zero-order valence-corrected chi connectivity index (χ0v) is 29.9. The number of halogens is 6. The molecule has 0 fully saturated rings. The van der Waals surface area contributed by atoms with Gasteiger partial charge >= 0.3 is 17.8 Å². The van der Waals surface area contributed by atoms with Crippen LogP contribution in [0.2, 0.25) is 0 Å². The predicted molar refractivity (Wildman–Crippen MR) is 190 cm³/mol. The predicted octanol–water partition coefficient (Wildman–Crippen LogP) is 13.5. The number of alkyl halides is 6. The summed E-state index contributed by atoms with van der Waals surface area (Å²) in [7, 11) is 0. The quantitative estimate of drug-likeness (QED) is 0.0847. The molecule has 0 radical (unpaired) electrons. The van der Waals surface area contributed by atoms with Crippen LogP contribution < -0.4 is 9.47 Å². The summed E-state index contributed by atoms with van der Waals surface area (Å²) >= 11 is 2.19. The molecule has 0 atom stereocenters. The van der Waals surface area contributed by atoms with E-state index in [1.807, 2.05) is 0 Å². The van der Waals surface area contributed by atoms with E-state index in [-0.39, 0.29) is 20.9 Å². The Morgan fingerprint density at radius 1 is 0.531 bits per heavy atom. The highest BCUT2D eigenvalue weighted by atomic mass is 32.1. The number of hydrogen-bond donors (Lipinski definition) is 0. The molecule has 0 spiro atoms. The highest BCUT2D eigenvalue weighted by Crippen LogP contribution is 2.66. The van der Waals surface area contributed by atoms with Gasteiger partial charge in [-0.05, 0) is 110 Å². The largest absolute Gasteiger partial charge is 0.494 e. The molecule has 5 rings (SSSR count). The maximum atomic E-state index is 15.7. The third kappa shape index (κ3) is 7.46. The zero-order valence-electron chi connectivity index (χ0n) is 28.2. The Morgan fingerprint density at radius 2 is 0.898 bits per heavy atom. The molecule has 10 heteroatoms. The van der Waals surface area contributed by atoms with E-state index in [4.69, 9.17) is 9.47 Å². The van der Waals surface area contributed by atoms with E-state index >= 15 is 26.3 Å². The van der Waals surface area contributed by atoms with Gasteiger partial charge in [-0.15, -0.1) is 22.7 Å². The molecular formula is C39H42F6O2S2. The molecule has 0 N–H and O–H groups in total. The van der Waals surface area contributed by atoms with Crippen molar-refractivity contribution in [3.05, 3.63) is 81.5 Å². The molecule has 4 aromatic rings. The summed E-state index contributed by atoms with van der Waals surface area (Å²) in [5.74, 6) is -14.6. The van der Waals surface area contributed by atoms with E-state index in [2.05, 4.69) is 13.8 Å². The van der Waals surface area contributed by atoms with Crippen molar-refractivity contribution >= 4 is 33.8 Å². The van der Waals surface area contributed by atoms with Crippen LogP contribution in [0.4, 0.5) is 26.3 Å². The SMILES string of the molecule is CCCCCCOc1ccc(-c2cc(C3=C(c4cc(-c5ccc(OCCCCCC)cc5)sc4C)C(F)(F)C(F)(F)C3(F)F)c(C)s2)cc1. The number of ether oxygens (including phenoxy) is 2. The van der Waals surface area contributed by atoms with Gasteiger partial charge in [0.2, 0.25) is 0 Å². The smallest absolute Gasteiger partial charge is 0.380 e. The van der Waals surface area contributed by atoms with E-state index in [0.717, 1.165) is 74.0 Å². The lowest BCUT2D eigenvalue weighted by molar-refractivity contribution is -0.254. The fourth-order valence-corrected chi connectivity index (χ4v) is 8.11. The normalized spacial score (nSPS) is 16.4. The Balaban J connectivity index is 1.47. The average molecular weight is 721 g/mol. The summed E-state index contributed by atoms with van der Waals surface area (Å²) in [6.07, 6.45) is 8.50. The molecule has 1 aliphatic carbocycles. The van der Waals surface area contributed by atoms with Crippen LogP contribution in [-0.2, 0) is 0 Å². The third-order valence-electron chi connectivity index (χ3n) is 8.85. The Labute approximate surface area is 292 Å². The molecule has 0 bridgehead atoms. The summed E-state index contributed by atoms with van der Waals surface area (Å²) in [6, 6.07) is 16.7. The second-order valence-electron chi connectivity index (χ2n) is 12.5. The van der Waals surface area contributed by atoms with Gasteiger partial charge in [0.15, 0.2) is 0 Å². The molecule has 0 aliphatic heterocycles. The standard InChI is InChI=1S/C39H42F6O2S2/c1-5-7-9-11-21-46-29-17-13-27(14-18-29)33-23-31(25(3)48-33)35-36(38(42,43)39(44,45)37(35,40)41)32-24-34(49-26(32)4)28-15-19-30(20-16-28)47-22-12-10-8-6-2/h13-20,23-24H,5-12,21-22H2,1-4H3. The summed E-state index contributed by atoms with van der Waals surface area (Å²) in [6.45, 7) is 8.38. The Kier molecular flexibility index (Phi) is 11.6. The van der Waals surface area contributed by atoms with Gasteiger partial charge in [-0.25, -0.2) is 0 Å². The van der Waals surface area contributed by atoms with E-state index < -0.39 is 28.9 Å². The van der Waals surface area contributed by atoms with Gasteiger partial charge in [-0.1, -0.05) is 52.4 Å². The molecule has 0 saturated carbocycles. The summed E-state index contributed by atoms with van der Waals surface area (Å²) in [4.78, 5) is 1.48. The summed E-state index contributed by atoms with van der Waals surface area (Å²) < 4.78 is 105. The fraction of sp³-hybridized carbons (Fsp3) is 0.436. The average Bonchev–Trinajstić information content (AvgIpc) is 3.67. The Hall–Kier alpha value is -3.24. The van der Waals surface area contributed by atoms with E-state index in [1.54, 1.807) is 48.5 Å². The topological polar surface area (TPSA) is 18.5 Å². The molecule has 0 amide bonds. The van der Waals surface area contributed by atoms with Gasteiger partial charge in [0.25, 0.3) is 0 Å². The molecule has 2 aromatic heterocycles. The van der Waals surface area contributed by atoms with Crippen molar-refractivity contribution < 1.29 is 35.8 Å². The first-order valence-corrected chi connectivity index (χ1v) is 18.5. The van der Waals surface area contributed by atoms with Crippen LogP contribution >= 0.6 is 22.7 Å². The maximum Gasteiger partial charge on any atom is 0.380 e. The first-order valence-electron chi connectivity index (χ1n) is 16.9. The van der Waals surface area contributed by atoms with Gasteiger partial charge in [-0.2, -0.15) is 26.3 Å². The lowest BCUT2D eigenvalue weighted by Crippen LogP contribution is -2.48. The first kappa shape index (κ1) is 37.0. The highest BCUT2D eigenvalue weighted by molar-refractivity contribution is 7.16. The second-order valence-corrected chi connectivity index (χ2v) is 15.0. The molecule has 0 saturated heterocycles. The van der Waals surface area contributed by atoms with Crippen LogP contribution in [0.15, 0.2) is 60.7 Å². The van der Waals surface area contributed by atoms with Gasteiger partial charge < -0.3 is 9.47 Å². The Bertz CT molecular complexity index is 1610. The van der Waals surface area contributed by atoms with Crippen molar-refractivity contribution in [1.29, 1.82) is 0 Å². The summed E-state index contributed by atoms with van der Waals surface area (Å²) in [5.41, 5.74) is -1.98. The minimum absolute atomic E-state index is 0.241. The number of hydrogen-bond acceptors (Lipinski definition) is 4. The number of thiophene rings is 2. The van der Waals surface area contributed by atoms with Crippen molar-refractivity contribution in [3.63, 3.8) is 0 Å². The third-order valence-corrected chi connectivity index (χ3v) is 11.1. The molecular weight excluding hydrogens is 679 g/mol. The number of allylic oxidation sites excluding steroid dienone is 2. The molecule has 1 aliphatic rings. The number of rotatable bonds is 16. The minimum atomic E-state index is -5.63. The monoisotopic (exact) mass is 720 g/mol. The first-order chi connectivity index (χ1) is 23.3. The number of aryl methyl sites for hydroxylation is 2. The minimum Gasteiger partial charge on any atom is -0.494 e. The van der Waals surface area contributed by atoms with Crippen LogP contribution in [0.3, 0.4) is 0 Å². The van der Waals surface area contributed by atoms with Crippen LogP contribution in [0.1, 0.15) is 86.1 Å². The molecule has 264 valence electrons. The molecule has 2 nitrogen and oxygen atoms in total. The molecule has 0 unspecified atom stereocenters. The lowest BCUT2D eigenvalue weighted by atomic mass is 9.94. The van der Waals surface area contributed by atoms with Crippen LogP contribution in [0, 0.1) is 13.8 Å². The van der Waals surface area contributed by atoms with Crippen molar-refractivity contribution in [3.8, 4) is 32.4 Å². The molecule has 49 heavy (non-hydrogen) atoms. The van der Waals surface area contributed by atoms with E-state index in [0.29, 0.717) is 45.6 Å². The zero-order chi connectivity index (χ0) is 35.4. The van der Waals surface area contributed by atoms with Crippen molar-refractivity contribution in [2.45, 2.75) is 96.8 Å². The number of unbranched alkanes of at least 4 members (excludes halogenated alkanes) is 6. The summed E-state index contributed by atoms with van der Waals surface area (Å²) in [5, 5.41) is 0. The fourth-order valence-electron chi connectivity index (χ4n) is 6.05. The van der Waals surface area contributed by atoms with Gasteiger partial charge in [0, 0.05) is 30.7 Å². The van der Waals surface area contributed by atoms with Gasteiger partial charge in [-0.3, -0.25) is 0 Å². The van der Waals surface area contributed by atoms with Gasteiger partial charge in [0.1, 0.15) is 11.5 Å². The second kappa shape index (κ2) is 15.3. The Morgan fingerprint density at radius 3 is 1.24 bits per heavy atom. The van der Waals surface area contributed by atoms with Crippen molar-refractivity contribution in [2.24, 2.45) is 0 Å². The van der Waals surface area contributed by atoms with Crippen LogP contribution in [0.5, 0.6) is 11.5 Å². The molecule has 2 heterocycles. The highest BCUT2D eigenvalue weighted by Gasteiger charge is 2.80. The van der Waals surface area contributed by atoms with Crippen molar-refractivity contribution in [2.75, 3.05) is 13.2 Å². The number of benzene rings is 2. The van der Waals surface area contributed by atoms with Gasteiger partial charge in [0.05, 0.1) is 13.2 Å². The lowest BCUT2D eigenvalue weighted by Gasteiger charge is -2.25. The van der Waals surface area contributed by atoms with Crippen molar-refractivity contribution in [1.82, 2.24) is 0 Å². The van der Waals surface area contributed by atoms with E-state index in [9.17, 15) is 0 Å². The van der Waals surface area contributed by atoms with E-state index in [1.165, 1.54) is 26.0 Å².